The molecule has 4 aromatic rings. The summed E-state index contributed by atoms with van der Waals surface area (Å²) in [6.07, 6.45) is 4.19. The molecular formula is C25H26N4O2S2. The van der Waals surface area contributed by atoms with Gasteiger partial charge in [0.05, 0.1) is 16.8 Å². The van der Waals surface area contributed by atoms with Crippen LogP contribution in [0.4, 0.5) is 5.69 Å². The van der Waals surface area contributed by atoms with Gasteiger partial charge in [-0.25, -0.2) is 4.98 Å². The SMILES string of the molecule is CCCc1[nH][nH]c(=O)c1-c1cc(Sc2ccc(NC(=O)CCSC)cc2)c2ccccc2n1. The number of aryl methyl sites for hydroxylation is 1. The van der Waals surface area contributed by atoms with E-state index in [1.54, 1.807) is 23.5 Å². The third-order valence-corrected chi connectivity index (χ3v) is 6.87. The number of H-pyrrole nitrogens is 2. The molecule has 0 saturated carbocycles. The van der Waals surface area contributed by atoms with Crippen LogP contribution in [0.5, 0.6) is 0 Å². The number of hydrogen-bond donors (Lipinski definition) is 3. The van der Waals surface area contributed by atoms with Crippen LogP contribution in [0.15, 0.2) is 69.2 Å². The Balaban J connectivity index is 1.65. The molecule has 0 fully saturated rings. The molecule has 8 heteroatoms. The van der Waals surface area contributed by atoms with Gasteiger partial charge in [0.1, 0.15) is 0 Å². The van der Waals surface area contributed by atoms with Gasteiger partial charge >= 0.3 is 0 Å². The summed E-state index contributed by atoms with van der Waals surface area (Å²) in [5.74, 6) is 0.829. The summed E-state index contributed by atoms with van der Waals surface area (Å²) in [5.41, 5.74) is 3.63. The molecule has 0 aliphatic heterocycles. The van der Waals surface area contributed by atoms with Crippen molar-refractivity contribution in [1.29, 1.82) is 0 Å². The maximum absolute atomic E-state index is 12.5. The maximum Gasteiger partial charge on any atom is 0.273 e. The van der Waals surface area contributed by atoms with Gasteiger partial charge < -0.3 is 10.4 Å². The highest BCUT2D eigenvalue weighted by Gasteiger charge is 2.16. The Bertz CT molecular complexity index is 1310. The average Bonchev–Trinajstić information content (AvgIpc) is 3.19. The van der Waals surface area contributed by atoms with E-state index in [4.69, 9.17) is 4.98 Å². The van der Waals surface area contributed by atoms with E-state index in [2.05, 4.69) is 22.4 Å². The topological polar surface area (TPSA) is 90.6 Å². The zero-order chi connectivity index (χ0) is 23.2. The first-order valence-corrected chi connectivity index (χ1v) is 13.1. The molecule has 2 aromatic carbocycles. The van der Waals surface area contributed by atoms with Gasteiger partial charge in [-0.2, -0.15) is 11.8 Å². The van der Waals surface area contributed by atoms with Crippen LogP contribution in [0.2, 0.25) is 0 Å². The van der Waals surface area contributed by atoms with Crippen LogP contribution < -0.4 is 10.9 Å². The minimum Gasteiger partial charge on any atom is -0.326 e. The molecular weight excluding hydrogens is 452 g/mol. The first-order valence-electron chi connectivity index (χ1n) is 10.9. The predicted octanol–water partition coefficient (Wildman–Crippen LogP) is 5.71. The highest BCUT2D eigenvalue weighted by Crippen LogP contribution is 2.36. The van der Waals surface area contributed by atoms with Crippen LogP contribution in [0, 0.1) is 0 Å². The van der Waals surface area contributed by atoms with E-state index in [1.807, 2.05) is 60.9 Å². The molecule has 0 unspecified atom stereocenters. The standard InChI is InChI=1S/C25H26N4O2S2/c1-3-6-20-24(25(31)29-28-20)21-15-22(18-7-4-5-8-19(18)27-21)33-17-11-9-16(10-12-17)26-23(30)13-14-32-2/h4-5,7-12,15H,3,6,13-14H2,1-2H3,(H,26,30)(H2,28,29,31). The molecule has 0 aliphatic rings. The molecule has 2 heterocycles. The number of thioether (sulfide) groups is 1. The van der Waals surface area contributed by atoms with Crippen molar-refractivity contribution >= 4 is 46.0 Å². The third kappa shape index (κ3) is 5.51. The van der Waals surface area contributed by atoms with Gasteiger partial charge in [0.2, 0.25) is 5.91 Å². The normalized spacial score (nSPS) is 11.1. The monoisotopic (exact) mass is 478 g/mol. The number of carbonyl (C=O) groups excluding carboxylic acids is 1. The van der Waals surface area contributed by atoms with Crippen LogP contribution in [0.3, 0.4) is 0 Å². The van der Waals surface area contributed by atoms with Crippen LogP contribution in [0.25, 0.3) is 22.2 Å². The van der Waals surface area contributed by atoms with E-state index in [1.165, 1.54) is 0 Å². The molecule has 33 heavy (non-hydrogen) atoms. The van der Waals surface area contributed by atoms with Gasteiger partial charge in [-0.1, -0.05) is 43.3 Å². The van der Waals surface area contributed by atoms with Crippen molar-refractivity contribution in [2.45, 2.75) is 36.0 Å². The largest absolute Gasteiger partial charge is 0.326 e. The Morgan fingerprint density at radius 3 is 2.64 bits per heavy atom. The Hall–Kier alpha value is -2.97. The molecule has 0 bridgehead atoms. The number of amides is 1. The summed E-state index contributed by atoms with van der Waals surface area (Å²) in [5, 5.41) is 9.68. The van der Waals surface area contributed by atoms with Gasteiger partial charge in [0, 0.05) is 38.7 Å². The number of para-hydroxylation sites is 1. The third-order valence-electron chi connectivity index (χ3n) is 5.19. The fraction of sp³-hybridized carbons (Fsp3) is 0.240. The molecule has 6 nitrogen and oxygen atoms in total. The Morgan fingerprint density at radius 1 is 1.09 bits per heavy atom. The molecule has 0 atom stereocenters. The van der Waals surface area contributed by atoms with E-state index in [0.717, 1.165) is 50.7 Å². The van der Waals surface area contributed by atoms with E-state index in [9.17, 15) is 9.59 Å². The van der Waals surface area contributed by atoms with Crippen molar-refractivity contribution in [2.24, 2.45) is 0 Å². The average molecular weight is 479 g/mol. The maximum atomic E-state index is 12.5. The number of fused-ring (bicyclic) bond motifs is 1. The zero-order valence-electron chi connectivity index (χ0n) is 18.6. The van der Waals surface area contributed by atoms with Crippen molar-refractivity contribution in [3.05, 3.63) is 70.6 Å². The molecule has 0 saturated heterocycles. The van der Waals surface area contributed by atoms with Gasteiger partial charge in [-0.3, -0.25) is 14.7 Å². The van der Waals surface area contributed by atoms with Crippen LogP contribution in [-0.2, 0) is 11.2 Å². The summed E-state index contributed by atoms with van der Waals surface area (Å²) in [6, 6.07) is 17.8. The van der Waals surface area contributed by atoms with Gasteiger partial charge in [-0.15, -0.1) is 0 Å². The Labute approximate surface area is 201 Å². The molecule has 4 rings (SSSR count). The number of nitrogens with one attached hydrogen (secondary N) is 3. The first kappa shape index (κ1) is 23.2. The Kier molecular flexibility index (Phi) is 7.57. The molecule has 2 aromatic heterocycles. The summed E-state index contributed by atoms with van der Waals surface area (Å²) in [7, 11) is 0. The molecule has 3 N–H and O–H groups in total. The number of carbonyl (C=O) groups is 1. The molecule has 0 spiro atoms. The molecule has 170 valence electrons. The lowest BCUT2D eigenvalue weighted by atomic mass is 10.1. The smallest absolute Gasteiger partial charge is 0.273 e. The number of pyridine rings is 1. The van der Waals surface area contributed by atoms with Gasteiger partial charge in [0.15, 0.2) is 0 Å². The second kappa shape index (κ2) is 10.8. The van der Waals surface area contributed by atoms with Gasteiger partial charge in [0.25, 0.3) is 5.56 Å². The molecule has 0 radical (unpaired) electrons. The second-order valence-corrected chi connectivity index (χ2v) is 9.72. The minimum atomic E-state index is -0.154. The van der Waals surface area contributed by atoms with Crippen molar-refractivity contribution in [2.75, 3.05) is 17.3 Å². The predicted molar refractivity (Wildman–Crippen MR) is 138 cm³/mol. The van der Waals surface area contributed by atoms with Crippen molar-refractivity contribution in [3.8, 4) is 11.3 Å². The minimum absolute atomic E-state index is 0.0223. The number of benzene rings is 2. The van der Waals surface area contributed by atoms with Crippen molar-refractivity contribution < 1.29 is 4.79 Å². The zero-order valence-corrected chi connectivity index (χ0v) is 20.2. The van der Waals surface area contributed by atoms with E-state index >= 15 is 0 Å². The second-order valence-electron chi connectivity index (χ2n) is 7.62. The number of rotatable bonds is 9. The van der Waals surface area contributed by atoms with E-state index in [0.29, 0.717) is 17.7 Å². The fourth-order valence-corrected chi connectivity index (χ4v) is 4.98. The number of nitrogens with zero attached hydrogens (tertiary/aromatic N) is 1. The number of hydrogen-bond acceptors (Lipinski definition) is 5. The summed E-state index contributed by atoms with van der Waals surface area (Å²) >= 11 is 3.27. The van der Waals surface area contributed by atoms with Crippen LogP contribution in [-0.4, -0.2) is 33.1 Å². The number of aromatic amines is 2. The molecule has 0 aliphatic carbocycles. The highest BCUT2D eigenvalue weighted by atomic mass is 32.2. The van der Waals surface area contributed by atoms with Gasteiger partial charge in [-0.05, 0) is 49.1 Å². The lowest BCUT2D eigenvalue weighted by Crippen LogP contribution is -2.11. The fourth-order valence-electron chi connectivity index (χ4n) is 3.61. The van der Waals surface area contributed by atoms with Crippen molar-refractivity contribution in [1.82, 2.24) is 15.2 Å². The number of anilines is 1. The summed E-state index contributed by atoms with van der Waals surface area (Å²) in [6.45, 7) is 2.08. The Morgan fingerprint density at radius 2 is 1.88 bits per heavy atom. The highest BCUT2D eigenvalue weighted by molar-refractivity contribution is 7.99. The quantitative estimate of drug-likeness (QED) is 0.286. The number of aromatic nitrogens is 3. The lowest BCUT2D eigenvalue weighted by Gasteiger charge is -2.10. The lowest BCUT2D eigenvalue weighted by molar-refractivity contribution is -0.115. The first-order chi connectivity index (χ1) is 16.1. The van der Waals surface area contributed by atoms with E-state index in [-0.39, 0.29) is 11.5 Å². The molecule has 1 amide bonds. The van der Waals surface area contributed by atoms with E-state index < -0.39 is 0 Å². The summed E-state index contributed by atoms with van der Waals surface area (Å²) in [4.78, 5) is 31.4. The van der Waals surface area contributed by atoms with Crippen molar-refractivity contribution in [3.63, 3.8) is 0 Å². The van der Waals surface area contributed by atoms with Crippen LogP contribution >= 0.6 is 23.5 Å². The van der Waals surface area contributed by atoms with Crippen LogP contribution in [0.1, 0.15) is 25.5 Å². The summed E-state index contributed by atoms with van der Waals surface area (Å²) < 4.78 is 0.